The zero-order valence-corrected chi connectivity index (χ0v) is 17.2. The number of aromatic amines is 1. The van der Waals surface area contributed by atoms with Crippen LogP contribution in [0.4, 0.5) is 0 Å². The van der Waals surface area contributed by atoms with Crippen molar-refractivity contribution in [1.29, 1.82) is 0 Å². The summed E-state index contributed by atoms with van der Waals surface area (Å²) in [5, 5.41) is 0. The van der Waals surface area contributed by atoms with Crippen molar-refractivity contribution >= 4 is 21.1 Å². The highest BCUT2D eigenvalue weighted by atomic mass is 32.2. The van der Waals surface area contributed by atoms with Crippen molar-refractivity contribution < 1.29 is 12.8 Å². The molecular formula is C20H26N4O3S. The van der Waals surface area contributed by atoms with Gasteiger partial charge in [0, 0.05) is 11.7 Å². The molecule has 7 nitrogen and oxygen atoms in total. The molecule has 1 fully saturated rings. The molecule has 150 valence electrons. The Morgan fingerprint density at radius 2 is 1.93 bits per heavy atom. The molecule has 0 aliphatic heterocycles. The maximum Gasteiger partial charge on any atom is 0.245 e. The summed E-state index contributed by atoms with van der Waals surface area (Å²) in [4.78, 5) is 12.3. The molecular weight excluding hydrogens is 376 g/mol. The monoisotopic (exact) mass is 402 g/mol. The van der Waals surface area contributed by atoms with Gasteiger partial charge in [-0.05, 0) is 70.6 Å². The molecule has 3 aromatic rings. The predicted molar refractivity (Wildman–Crippen MR) is 108 cm³/mol. The quantitative estimate of drug-likeness (QED) is 0.688. The number of sulfonamides is 1. The molecule has 0 spiro atoms. The summed E-state index contributed by atoms with van der Waals surface area (Å²) < 4.78 is 32.2. The third-order valence-corrected chi connectivity index (χ3v) is 7.70. The molecule has 0 amide bonds. The highest BCUT2D eigenvalue weighted by Gasteiger charge is 2.33. The van der Waals surface area contributed by atoms with E-state index in [4.69, 9.17) is 4.42 Å². The van der Waals surface area contributed by atoms with E-state index >= 15 is 0 Å². The van der Waals surface area contributed by atoms with Crippen molar-refractivity contribution in [3.8, 4) is 11.6 Å². The third-order valence-electron chi connectivity index (χ3n) is 5.44. The number of hydrogen-bond acceptors (Lipinski definition) is 5. The molecule has 28 heavy (non-hydrogen) atoms. The lowest BCUT2D eigenvalue weighted by atomic mass is 9.84. The first-order valence-corrected chi connectivity index (χ1v) is 11.1. The largest absolute Gasteiger partial charge is 0.443 e. The van der Waals surface area contributed by atoms with Crippen molar-refractivity contribution in [1.82, 2.24) is 19.7 Å². The zero-order valence-electron chi connectivity index (χ0n) is 16.4. The first kappa shape index (κ1) is 19.1. The SMILES string of the molecule is CC(C)(C)S(=O)(=O)N[C@H]1CC[C@H](c2cc3nc(-c4ncco4)ccc3[nH]2)CC1. The minimum atomic E-state index is -3.31. The van der Waals surface area contributed by atoms with Crippen LogP contribution in [0.2, 0.25) is 0 Å². The van der Waals surface area contributed by atoms with E-state index in [9.17, 15) is 8.42 Å². The zero-order chi connectivity index (χ0) is 19.9. The normalized spacial score (nSPS) is 21.2. The van der Waals surface area contributed by atoms with Crippen molar-refractivity contribution in [2.45, 2.75) is 63.2 Å². The van der Waals surface area contributed by atoms with Crippen LogP contribution in [-0.4, -0.2) is 34.2 Å². The number of hydrogen-bond donors (Lipinski definition) is 2. The molecule has 0 aromatic carbocycles. The molecule has 0 atom stereocenters. The van der Waals surface area contributed by atoms with Gasteiger partial charge in [0.05, 0.1) is 22.0 Å². The lowest BCUT2D eigenvalue weighted by Crippen LogP contribution is -2.45. The number of H-pyrrole nitrogens is 1. The Kier molecular flexibility index (Phi) is 4.79. The molecule has 1 aliphatic rings. The lowest BCUT2D eigenvalue weighted by Gasteiger charge is -2.31. The van der Waals surface area contributed by atoms with Gasteiger partial charge in [0.1, 0.15) is 12.0 Å². The highest BCUT2D eigenvalue weighted by Crippen LogP contribution is 2.34. The van der Waals surface area contributed by atoms with Gasteiger partial charge in [-0.1, -0.05) is 0 Å². The van der Waals surface area contributed by atoms with Gasteiger partial charge in [0.25, 0.3) is 0 Å². The molecule has 0 radical (unpaired) electrons. The number of oxazole rings is 1. The van der Waals surface area contributed by atoms with Crippen molar-refractivity contribution in [2.24, 2.45) is 0 Å². The Labute approximate surface area is 165 Å². The summed E-state index contributed by atoms with van der Waals surface area (Å²) >= 11 is 0. The summed E-state index contributed by atoms with van der Waals surface area (Å²) in [5.41, 5.74) is 3.75. The molecule has 1 aliphatic carbocycles. The number of nitrogens with one attached hydrogen (secondary N) is 2. The van der Waals surface area contributed by atoms with Crippen LogP contribution in [0.15, 0.2) is 35.1 Å². The average molecular weight is 403 g/mol. The molecule has 8 heteroatoms. The van der Waals surface area contributed by atoms with Gasteiger partial charge in [0.2, 0.25) is 15.9 Å². The second-order valence-corrected chi connectivity index (χ2v) is 10.9. The van der Waals surface area contributed by atoms with E-state index in [1.54, 1.807) is 27.0 Å². The first-order valence-electron chi connectivity index (χ1n) is 9.64. The summed E-state index contributed by atoms with van der Waals surface area (Å²) in [6, 6.07) is 5.99. The minimum absolute atomic E-state index is 0.0135. The number of fused-ring (bicyclic) bond motifs is 1. The van der Waals surface area contributed by atoms with Crippen LogP contribution in [0.1, 0.15) is 58.1 Å². The number of aromatic nitrogens is 3. The topological polar surface area (TPSA) is 101 Å². The van der Waals surface area contributed by atoms with Crippen molar-refractivity contribution in [3.63, 3.8) is 0 Å². The Morgan fingerprint density at radius 3 is 2.57 bits per heavy atom. The molecule has 3 heterocycles. The molecule has 1 saturated carbocycles. The maximum atomic E-state index is 12.4. The van der Waals surface area contributed by atoms with Crippen LogP contribution >= 0.6 is 0 Å². The van der Waals surface area contributed by atoms with E-state index < -0.39 is 14.8 Å². The number of pyridine rings is 1. The summed E-state index contributed by atoms with van der Waals surface area (Å²) in [7, 11) is -3.31. The van der Waals surface area contributed by atoms with E-state index in [0.29, 0.717) is 17.5 Å². The second kappa shape index (κ2) is 7.00. The molecule has 3 aromatic heterocycles. The van der Waals surface area contributed by atoms with Crippen LogP contribution in [0.25, 0.3) is 22.6 Å². The van der Waals surface area contributed by atoms with E-state index in [0.717, 1.165) is 42.4 Å². The van der Waals surface area contributed by atoms with Gasteiger partial charge < -0.3 is 9.40 Å². The number of rotatable bonds is 4. The van der Waals surface area contributed by atoms with Crippen LogP contribution < -0.4 is 4.72 Å². The van der Waals surface area contributed by atoms with Gasteiger partial charge >= 0.3 is 0 Å². The molecule has 0 saturated heterocycles. The van der Waals surface area contributed by atoms with Gasteiger partial charge in [-0.2, -0.15) is 0 Å². The fourth-order valence-electron chi connectivity index (χ4n) is 3.64. The molecule has 0 bridgehead atoms. The fourth-order valence-corrected chi connectivity index (χ4v) is 4.67. The van der Waals surface area contributed by atoms with Gasteiger partial charge in [-0.25, -0.2) is 23.1 Å². The first-order chi connectivity index (χ1) is 13.2. The van der Waals surface area contributed by atoms with Crippen molar-refractivity contribution in [2.75, 3.05) is 0 Å². The standard InChI is InChI=1S/C20H26N4O3S/c1-20(2,3)28(25,26)24-14-6-4-13(5-7-14)17-12-18-15(22-17)8-9-16(23-18)19-21-10-11-27-19/h8-14,22,24H,4-7H2,1-3H3/t13-,14-. The van der Waals surface area contributed by atoms with Crippen molar-refractivity contribution in [3.05, 3.63) is 36.4 Å². The molecule has 0 unspecified atom stereocenters. The Balaban J connectivity index is 1.45. The van der Waals surface area contributed by atoms with Crippen LogP contribution in [0.3, 0.4) is 0 Å². The summed E-state index contributed by atoms with van der Waals surface area (Å²) in [5.74, 6) is 0.895. The van der Waals surface area contributed by atoms with E-state index in [1.807, 2.05) is 12.1 Å². The minimum Gasteiger partial charge on any atom is -0.443 e. The second-order valence-electron chi connectivity index (χ2n) is 8.47. The Bertz CT molecular complexity index is 1060. The fraction of sp³-hybridized carbons (Fsp3) is 0.500. The summed E-state index contributed by atoms with van der Waals surface area (Å²) in [6.07, 6.45) is 6.70. The van der Waals surface area contributed by atoms with Gasteiger partial charge in [-0.15, -0.1) is 0 Å². The Morgan fingerprint density at radius 1 is 1.18 bits per heavy atom. The van der Waals surface area contributed by atoms with E-state index in [-0.39, 0.29) is 6.04 Å². The van der Waals surface area contributed by atoms with Crippen LogP contribution in [-0.2, 0) is 10.0 Å². The molecule has 2 N–H and O–H groups in total. The lowest BCUT2D eigenvalue weighted by molar-refractivity contribution is 0.368. The predicted octanol–water partition coefficient (Wildman–Crippen LogP) is 3.96. The van der Waals surface area contributed by atoms with Crippen LogP contribution in [0, 0.1) is 0 Å². The van der Waals surface area contributed by atoms with E-state index in [2.05, 4.69) is 25.7 Å². The smallest absolute Gasteiger partial charge is 0.245 e. The number of nitrogens with zero attached hydrogens (tertiary/aromatic N) is 2. The molecule has 4 rings (SSSR count). The van der Waals surface area contributed by atoms with E-state index in [1.165, 1.54) is 6.26 Å². The average Bonchev–Trinajstić information content (AvgIpc) is 3.30. The Hall–Kier alpha value is -2.19. The third kappa shape index (κ3) is 3.71. The van der Waals surface area contributed by atoms with Gasteiger partial charge in [0.15, 0.2) is 0 Å². The van der Waals surface area contributed by atoms with Crippen LogP contribution in [0.5, 0.6) is 0 Å². The summed E-state index contributed by atoms with van der Waals surface area (Å²) in [6.45, 7) is 5.18. The maximum absolute atomic E-state index is 12.4. The van der Waals surface area contributed by atoms with Gasteiger partial charge in [-0.3, -0.25) is 0 Å². The highest BCUT2D eigenvalue weighted by molar-refractivity contribution is 7.90.